The van der Waals surface area contributed by atoms with Crippen LogP contribution in [0.3, 0.4) is 0 Å². The number of ether oxygens (including phenoxy) is 1. The number of nitrogens with zero attached hydrogens (tertiary/aromatic N) is 4. The standard InChI is InChI=1S/C28H26BrFN4O2/c1-36-25-10-9-22(30)12-23(25)28(35)33-15-19-13-32(14-20(19)16-33)17-24-27(18-5-7-21(29)8-6-18)31-26-4-2-3-11-34(24)26/h2-12,19-20H,13-17H2,1H3. The van der Waals surface area contributed by atoms with Crippen molar-refractivity contribution in [2.45, 2.75) is 6.54 Å². The van der Waals surface area contributed by atoms with Crippen molar-refractivity contribution in [1.82, 2.24) is 19.2 Å². The molecule has 184 valence electrons. The molecule has 0 radical (unpaired) electrons. The number of rotatable bonds is 5. The number of benzene rings is 2. The number of amides is 1. The molecule has 2 fully saturated rings. The first-order chi connectivity index (χ1) is 17.5. The van der Waals surface area contributed by atoms with E-state index in [1.54, 1.807) is 0 Å². The van der Waals surface area contributed by atoms with Gasteiger partial charge in [0.15, 0.2) is 0 Å². The number of pyridine rings is 1. The van der Waals surface area contributed by atoms with E-state index in [9.17, 15) is 9.18 Å². The summed E-state index contributed by atoms with van der Waals surface area (Å²) in [6, 6.07) is 18.5. The maximum atomic E-state index is 13.8. The van der Waals surface area contributed by atoms with Crippen LogP contribution in [-0.4, -0.2) is 58.4 Å². The van der Waals surface area contributed by atoms with Gasteiger partial charge in [-0.2, -0.15) is 0 Å². The van der Waals surface area contributed by atoms with Gasteiger partial charge in [0.1, 0.15) is 17.2 Å². The first-order valence-electron chi connectivity index (χ1n) is 12.1. The van der Waals surface area contributed by atoms with Crippen LogP contribution in [0.4, 0.5) is 4.39 Å². The Hall–Kier alpha value is -3.23. The number of hydrogen-bond acceptors (Lipinski definition) is 4. The van der Waals surface area contributed by atoms with E-state index in [1.807, 2.05) is 35.2 Å². The molecule has 2 atom stereocenters. The lowest BCUT2D eigenvalue weighted by atomic mass is 10.0. The minimum atomic E-state index is -0.431. The van der Waals surface area contributed by atoms with Gasteiger partial charge in [-0.05, 0) is 54.3 Å². The Bertz CT molecular complexity index is 1420. The summed E-state index contributed by atoms with van der Waals surface area (Å²) in [6.07, 6.45) is 2.07. The molecule has 0 saturated carbocycles. The van der Waals surface area contributed by atoms with Crippen LogP contribution in [0.1, 0.15) is 16.1 Å². The van der Waals surface area contributed by atoms with Gasteiger partial charge in [-0.1, -0.05) is 34.1 Å². The van der Waals surface area contributed by atoms with E-state index in [0.717, 1.165) is 41.0 Å². The van der Waals surface area contributed by atoms with Crippen LogP contribution in [-0.2, 0) is 6.54 Å². The van der Waals surface area contributed by atoms with E-state index in [2.05, 4.69) is 43.6 Å². The molecule has 6 nitrogen and oxygen atoms in total. The molecule has 6 rings (SSSR count). The van der Waals surface area contributed by atoms with Gasteiger partial charge in [-0.25, -0.2) is 9.37 Å². The van der Waals surface area contributed by atoms with E-state index in [-0.39, 0.29) is 5.91 Å². The number of methoxy groups -OCH3 is 1. The van der Waals surface area contributed by atoms with E-state index in [0.29, 0.717) is 36.2 Å². The van der Waals surface area contributed by atoms with Crippen molar-refractivity contribution in [3.63, 3.8) is 0 Å². The fourth-order valence-electron chi connectivity index (χ4n) is 5.65. The Morgan fingerprint density at radius 1 is 1.06 bits per heavy atom. The highest BCUT2D eigenvalue weighted by molar-refractivity contribution is 9.10. The molecule has 2 aliphatic heterocycles. The summed E-state index contributed by atoms with van der Waals surface area (Å²) in [5, 5.41) is 0. The Morgan fingerprint density at radius 2 is 1.81 bits per heavy atom. The first-order valence-corrected chi connectivity index (χ1v) is 12.9. The third-order valence-corrected chi connectivity index (χ3v) is 7.89. The summed E-state index contributed by atoms with van der Waals surface area (Å²) < 4.78 is 22.4. The van der Waals surface area contributed by atoms with Crippen molar-refractivity contribution < 1.29 is 13.9 Å². The molecular weight excluding hydrogens is 523 g/mol. The van der Waals surface area contributed by atoms with Gasteiger partial charge >= 0.3 is 0 Å². The van der Waals surface area contributed by atoms with Gasteiger partial charge in [0.2, 0.25) is 0 Å². The van der Waals surface area contributed by atoms with Gasteiger partial charge < -0.3 is 14.0 Å². The van der Waals surface area contributed by atoms with Gasteiger partial charge in [0.25, 0.3) is 5.91 Å². The number of fused-ring (bicyclic) bond motifs is 2. The predicted octanol–water partition coefficient (Wildman–Crippen LogP) is 5.12. The molecule has 2 unspecified atom stereocenters. The van der Waals surface area contributed by atoms with Crippen LogP contribution in [0.5, 0.6) is 5.75 Å². The second-order valence-corrected chi connectivity index (χ2v) is 10.5. The lowest BCUT2D eigenvalue weighted by Gasteiger charge is -2.22. The molecule has 1 amide bonds. The number of imidazole rings is 1. The third kappa shape index (κ3) is 4.18. The quantitative estimate of drug-likeness (QED) is 0.347. The average molecular weight is 549 g/mol. The SMILES string of the molecule is COc1ccc(F)cc1C(=O)N1CC2CN(Cc3c(-c4ccc(Br)cc4)nc4ccccn34)CC2C1. The van der Waals surface area contributed by atoms with Crippen LogP contribution < -0.4 is 4.74 Å². The van der Waals surface area contributed by atoms with Crippen molar-refractivity contribution in [3.05, 3.63) is 88.4 Å². The van der Waals surface area contributed by atoms with Crippen LogP contribution >= 0.6 is 15.9 Å². The molecule has 2 aromatic carbocycles. The van der Waals surface area contributed by atoms with E-state index < -0.39 is 5.82 Å². The molecule has 0 aliphatic carbocycles. The fourth-order valence-corrected chi connectivity index (χ4v) is 5.92. The molecule has 36 heavy (non-hydrogen) atoms. The normalized spacial score (nSPS) is 19.7. The fraction of sp³-hybridized carbons (Fsp3) is 0.286. The molecule has 4 heterocycles. The monoisotopic (exact) mass is 548 g/mol. The highest BCUT2D eigenvalue weighted by atomic mass is 79.9. The molecule has 0 spiro atoms. The number of likely N-dealkylation sites (tertiary alicyclic amines) is 2. The lowest BCUT2D eigenvalue weighted by Crippen LogP contribution is -2.33. The Kier molecular flexibility index (Phi) is 6.01. The van der Waals surface area contributed by atoms with E-state index >= 15 is 0 Å². The van der Waals surface area contributed by atoms with Gasteiger partial charge in [-0.15, -0.1) is 0 Å². The molecule has 4 aromatic rings. The summed E-state index contributed by atoms with van der Waals surface area (Å²) in [6.45, 7) is 3.96. The maximum absolute atomic E-state index is 13.8. The largest absolute Gasteiger partial charge is 0.496 e. The van der Waals surface area contributed by atoms with Crippen molar-refractivity contribution in [2.24, 2.45) is 11.8 Å². The summed E-state index contributed by atoms with van der Waals surface area (Å²) in [5.74, 6) is 0.603. The second-order valence-electron chi connectivity index (χ2n) is 9.61. The predicted molar refractivity (Wildman–Crippen MR) is 139 cm³/mol. The molecule has 0 N–H and O–H groups in total. The topological polar surface area (TPSA) is 50.1 Å². The highest BCUT2D eigenvalue weighted by Gasteiger charge is 2.42. The van der Waals surface area contributed by atoms with Crippen LogP contribution in [0.25, 0.3) is 16.9 Å². The minimum absolute atomic E-state index is 0.161. The van der Waals surface area contributed by atoms with Crippen LogP contribution in [0, 0.1) is 17.7 Å². The van der Waals surface area contributed by atoms with Crippen molar-refractivity contribution in [2.75, 3.05) is 33.3 Å². The number of carbonyl (C=O) groups excluding carboxylic acids is 1. The molecule has 2 aliphatic rings. The summed E-state index contributed by atoms with van der Waals surface area (Å²) in [7, 11) is 1.50. The maximum Gasteiger partial charge on any atom is 0.257 e. The van der Waals surface area contributed by atoms with Gasteiger partial charge in [0.05, 0.1) is 24.1 Å². The minimum Gasteiger partial charge on any atom is -0.496 e. The smallest absolute Gasteiger partial charge is 0.257 e. The van der Waals surface area contributed by atoms with Gasteiger partial charge in [0, 0.05) is 49.0 Å². The summed E-state index contributed by atoms with van der Waals surface area (Å²) in [5.41, 5.74) is 4.49. The first kappa shape index (κ1) is 23.2. The zero-order valence-electron chi connectivity index (χ0n) is 19.9. The Balaban J connectivity index is 1.20. The molecule has 8 heteroatoms. The molecule has 0 bridgehead atoms. The number of carbonyl (C=O) groups is 1. The van der Waals surface area contributed by atoms with E-state index in [4.69, 9.17) is 9.72 Å². The number of hydrogen-bond donors (Lipinski definition) is 0. The Labute approximate surface area is 217 Å². The highest BCUT2D eigenvalue weighted by Crippen LogP contribution is 2.35. The summed E-state index contributed by atoms with van der Waals surface area (Å²) >= 11 is 3.52. The molecule has 2 saturated heterocycles. The molecular formula is C28H26BrFN4O2. The van der Waals surface area contributed by atoms with Crippen molar-refractivity contribution in [3.8, 4) is 17.0 Å². The van der Waals surface area contributed by atoms with Crippen LogP contribution in [0.2, 0.25) is 0 Å². The van der Waals surface area contributed by atoms with Gasteiger partial charge in [-0.3, -0.25) is 9.69 Å². The van der Waals surface area contributed by atoms with Crippen molar-refractivity contribution >= 4 is 27.5 Å². The van der Waals surface area contributed by atoms with E-state index in [1.165, 1.54) is 31.0 Å². The Morgan fingerprint density at radius 3 is 2.53 bits per heavy atom. The lowest BCUT2D eigenvalue weighted by molar-refractivity contribution is 0.0769. The zero-order valence-corrected chi connectivity index (χ0v) is 21.5. The number of aromatic nitrogens is 2. The second kappa shape index (κ2) is 9.33. The summed E-state index contributed by atoms with van der Waals surface area (Å²) in [4.78, 5) is 22.4. The number of halogens is 2. The van der Waals surface area contributed by atoms with Crippen molar-refractivity contribution in [1.29, 1.82) is 0 Å². The molecule has 2 aromatic heterocycles. The third-order valence-electron chi connectivity index (χ3n) is 7.36. The van der Waals surface area contributed by atoms with Crippen LogP contribution in [0.15, 0.2) is 71.3 Å². The average Bonchev–Trinajstić information content (AvgIpc) is 3.56. The zero-order chi connectivity index (χ0) is 24.8.